The van der Waals surface area contributed by atoms with Gasteiger partial charge in [-0.15, -0.1) is 0 Å². The van der Waals surface area contributed by atoms with Gasteiger partial charge in [-0.05, 0) is 25.2 Å². The Balaban J connectivity index is 2.46. The quantitative estimate of drug-likeness (QED) is 0.494. The van der Waals surface area contributed by atoms with Gasteiger partial charge in [0.2, 0.25) is 0 Å². The van der Waals surface area contributed by atoms with Crippen molar-refractivity contribution in [1.82, 2.24) is 0 Å². The van der Waals surface area contributed by atoms with Crippen LogP contribution in [0.15, 0.2) is 12.2 Å². The van der Waals surface area contributed by atoms with Gasteiger partial charge in [0.25, 0.3) is 0 Å². The molecule has 12 heavy (non-hydrogen) atoms. The van der Waals surface area contributed by atoms with Crippen molar-refractivity contribution < 1.29 is 14.6 Å². The zero-order chi connectivity index (χ0) is 8.97. The SMILES string of the molecule is COC(=O)C(O)C1CC=CCC1. The van der Waals surface area contributed by atoms with Crippen LogP contribution in [0.4, 0.5) is 0 Å². The molecule has 1 rings (SSSR count). The summed E-state index contributed by atoms with van der Waals surface area (Å²) in [6.07, 6.45) is 5.71. The van der Waals surface area contributed by atoms with Crippen LogP contribution in [-0.4, -0.2) is 24.3 Å². The van der Waals surface area contributed by atoms with E-state index in [1.165, 1.54) is 7.11 Å². The Morgan fingerprint density at radius 1 is 1.67 bits per heavy atom. The first-order chi connectivity index (χ1) is 5.75. The van der Waals surface area contributed by atoms with Crippen LogP contribution in [0.3, 0.4) is 0 Å². The molecule has 0 aliphatic heterocycles. The Morgan fingerprint density at radius 3 is 2.92 bits per heavy atom. The molecule has 1 aliphatic carbocycles. The van der Waals surface area contributed by atoms with Gasteiger partial charge in [-0.1, -0.05) is 12.2 Å². The maximum atomic E-state index is 10.9. The third kappa shape index (κ3) is 2.08. The van der Waals surface area contributed by atoms with Crippen LogP contribution in [0.5, 0.6) is 0 Å². The fourth-order valence-electron chi connectivity index (χ4n) is 1.42. The molecule has 0 saturated heterocycles. The highest BCUT2D eigenvalue weighted by Gasteiger charge is 2.26. The van der Waals surface area contributed by atoms with Crippen molar-refractivity contribution in [2.45, 2.75) is 25.4 Å². The van der Waals surface area contributed by atoms with Crippen molar-refractivity contribution in [3.8, 4) is 0 Å². The summed E-state index contributed by atoms with van der Waals surface area (Å²) >= 11 is 0. The summed E-state index contributed by atoms with van der Waals surface area (Å²) in [4.78, 5) is 10.9. The number of rotatable bonds is 2. The summed E-state index contributed by atoms with van der Waals surface area (Å²) in [5.74, 6) is -0.474. The van der Waals surface area contributed by atoms with Gasteiger partial charge in [0.15, 0.2) is 6.10 Å². The summed E-state index contributed by atoms with van der Waals surface area (Å²) in [7, 11) is 1.30. The van der Waals surface area contributed by atoms with Crippen molar-refractivity contribution in [2.24, 2.45) is 5.92 Å². The lowest BCUT2D eigenvalue weighted by Crippen LogP contribution is -2.31. The lowest BCUT2D eigenvalue weighted by atomic mass is 9.89. The van der Waals surface area contributed by atoms with E-state index in [0.29, 0.717) is 0 Å². The molecule has 0 spiro atoms. The van der Waals surface area contributed by atoms with Crippen LogP contribution in [-0.2, 0) is 9.53 Å². The van der Waals surface area contributed by atoms with Crippen LogP contribution >= 0.6 is 0 Å². The van der Waals surface area contributed by atoms with Crippen molar-refractivity contribution in [3.63, 3.8) is 0 Å². The highest BCUT2D eigenvalue weighted by molar-refractivity contribution is 5.74. The van der Waals surface area contributed by atoms with E-state index in [4.69, 9.17) is 0 Å². The van der Waals surface area contributed by atoms with Crippen LogP contribution in [0.25, 0.3) is 0 Å². The summed E-state index contributed by atoms with van der Waals surface area (Å²) in [5.41, 5.74) is 0. The predicted molar refractivity (Wildman–Crippen MR) is 44.5 cm³/mol. The van der Waals surface area contributed by atoms with Crippen LogP contribution < -0.4 is 0 Å². The number of aliphatic hydroxyl groups excluding tert-OH is 1. The number of carbonyl (C=O) groups excluding carboxylic acids is 1. The molecule has 0 radical (unpaired) electrons. The van der Waals surface area contributed by atoms with Gasteiger partial charge in [-0.25, -0.2) is 4.79 Å². The first-order valence-corrected chi connectivity index (χ1v) is 4.16. The molecule has 2 atom stereocenters. The number of aliphatic hydroxyl groups is 1. The van der Waals surface area contributed by atoms with E-state index in [-0.39, 0.29) is 5.92 Å². The molecule has 1 aliphatic rings. The molecule has 0 aromatic rings. The molecular weight excluding hydrogens is 156 g/mol. The molecule has 3 nitrogen and oxygen atoms in total. The first-order valence-electron chi connectivity index (χ1n) is 4.16. The predicted octanol–water partition coefficient (Wildman–Crippen LogP) is 0.877. The van der Waals surface area contributed by atoms with Gasteiger partial charge in [-0.3, -0.25) is 0 Å². The Hall–Kier alpha value is -0.830. The Morgan fingerprint density at radius 2 is 2.42 bits per heavy atom. The number of methoxy groups -OCH3 is 1. The molecule has 0 bridgehead atoms. The van der Waals surface area contributed by atoms with Gasteiger partial charge in [0.1, 0.15) is 0 Å². The van der Waals surface area contributed by atoms with E-state index >= 15 is 0 Å². The normalized spacial score (nSPS) is 25.0. The number of esters is 1. The molecule has 0 fully saturated rings. The molecule has 3 heteroatoms. The number of hydrogen-bond donors (Lipinski definition) is 1. The third-order valence-corrected chi connectivity index (χ3v) is 2.20. The summed E-state index contributed by atoms with van der Waals surface area (Å²) in [6, 6.07) is 0. The minimum atomic E-state index is -0.944. The Labute approximate surface area is 72.0 Å². The monoisotopic (exact) mass is 170 g/mol. The fraction of sp³-hybridized carbons (Fsp3) is 0.667. The van der Waals surface area contributed by atoms with E-state index in [1.54, 1.807) is 0 Å². The second-order valence-corrected chi connectivity index (χ2v) is 3.01. The van der Waals surface area contributed by atoms with E-state index in [2.05, 4.69) is 10.8 Å². The summed E-state index contributed by atoms with van der Waals surface area (Å²) < 4.78 is 4.45. The summed E-state index contributed by atoms with van der Waals surface area (Å²) in [6.45, 7) is 0. The number of hydrogen-bond acceptors (Lipinski definition) is 3. The zero-order valence-electron chi connectivity index (χ0n) is 7.19. The lowest BCUT2D eigenvalue weighted by molar-refractivity contribution is -0.153. The van der Waals surface area contributed by atoms with Crippen molar-refractivity contribution in [1.29, 1.82) is 0 Å². The second-order valence-electron chi connectivity index (χ2n) is 3.01. The zero-order valence-corrected chi connectivity index (χ0v) is 7.19. The van der Waals surface area contributed by atoms with Crippen LogP contribution in [0, 0.1) is 5.92 Å². The van der Waals surface area contributed by atoms with E-state index in [0.717, 1.165) is 19.3 Å². The van der Waals surface area contributed by atoms with Gasteiger partial charge < -0.3 is 9.84 Å². The summed E-state index contributed by atoms with van der Waals surface area (Å²) in [5, 5.41) is 9.43. The highest BCUT2D eigenvalue weighted by Crippen LogP contribution is 2.22. The molecule has 0 heterocycles. The fourth-order valence-corrected chi connectivity index (χ4v) is 1.42. The lowest BCUT2D eigenvalue weighted by Gasteiger charge is -2.21. The highest BCUT2D eigenvalue weighted by atomic mass is 16.5. The maximum absolute atomic E-state index is 10.9. The van der Waals surface area contributed by atoms with E-state index < -0.39 is 12.1 Å². The van der Waals surface area contributed by atoms with Gasteiger partial charge in [-0.2, -0.15) is 0 Å². The smallest absolute Gasteiger partial charge is 0.334 e. The Bertz CT molecular complexity index is 186. The molecule has 2 unspecified atom stereocenters. The molecule has 0 aromatic carbocycles. The van der Waals surface area contributed by atoms with E-state index in [9.17, 15) is 9.90 Å². The minimum Gasteiger partial charge on any atom is -0.467 e. The molecular formula is C9H14O3. The van der Waals surface area contributed by atoms with Gasteiger partial charge in [0, 0.05) is 0 Å². The number of allylic oxidation sites excluding steroid dienone is 2. The Kier molecular flexibility index (Phi) is 3.29. The molecule has 1 N–H and O–H groups in total. The first kappa shape index (κ1) is 9.26. The second kappa shape index (κ2) is 4.26. The average Bonchev–Trinajstić information content (AvgIpc) is 2.17. The van der Waals surface area contributed by atoms with Crippen molar-refractivity contribution >= 4 is 5.97 Å². The number of ether oxygens (including phenoxy) is 1. The number of carbonyl (C=O) groups is 1. The van der Waals surface area contributed by atoms with Crippen molar-refractivity contribution in [2.75, 3.05) is 7.11 Å². The minimum absolute atomic E-state index is 0.0439. The van der Waals surface area contributed by atoms with E-state index in [1.807, 2.05) is 6.08 Å². The largest absolute Gasteiger partial charge is 0.467 e. The molecule has 0 saturated carbocycles. The topological polar surface area (TPSA) is 46.5 Å². The third-order valence-electron chi connectivity index (χ3n) is 2.20. The molecule has 0 aromatic heterocycles. The van der Waals surface area contributed by atoms with Gasteiger partial charge >= 0.3 is 5.97 Å². The average molecular weight is 170 g/mol. The van der Waals surface area contributed by atoms with Gasteiger partial charge in [0.05, 0.1) is 7.11 Å². The maximum Gasteiger partial charge on any atom is 0.334 e. The standard InChI is InChI=1S/C9H14O3/c1-12-9(11)8(10)7-5-3-2-4-6-7/h2-3,7-8,10H,4-6H2,1H3. The molecule has 0 amide bonds. The van der Waals surface area contributed by atoms with Crippen LogP contribution in [0.1, 0.15) is 19.3 Å². The van der Waals surface area contributed by atoms with Crippen LogP contribution in [0.2, 0.25) is 0 Å². The van der Waals surface area contributed by atoms with Crippen molar-refractivity contribution in [3.05, 3.63) is 12.2 Å². The molecule has 68 valence electrons.